The molecule has 4 rings (SSSR count). The monoisotopic (exact) mass is 369 g/mol. The van der Waals surface area contributed by atoms with E-state index in [1.165, 1.54) is 26.1 Å². The SMILES string of the molecule is CC(C)(C)CN1CCC(C2CCN(C(=O)c3cc4ncccn4n3)CC2)C1. The zero-order chi connectivity index (χ0) is 19.0. The van der Waals surface area contributed by atoms with E-state index in [0.717, 1.165) is 43.4 Å². The zero-order valence-electron chi connectivity index (χ0n) is 16.8. The van der Waals surface area contributed by atoms with E-state index in [-0.39, 0.29) is 5.91 Å². The third-order valence-electron chi connectivity index (χ3n) is 5.96. The number of aromatic nitrogens is 3. The van der Waals surface area contributed by atoms with Crippen LogP contribution in [0.2, 0.25) is 0 Å². The summed E-state index contributed by atoms with van der Waals surface area (Å²) in [5.74, 6) is 1.59. The summed E-state index contributed by atoms with van der Waals surface area (Å²) in [6, 6.07) is 3.61. The van der Waals surface area contributed by atoms with Crippen molar-refractivity contribution in [1.29, 1.82) is 0 Å². The second-order valence-corrected chi connectivity index (χ2v) is 9.43. The second-order valence-electron chi connectivity index (χ2n) is 9.43. The molecule has 146 valence electrons. The average Bonchev–Trinajstić information content (AvgIpc) is 3.26. The van der Waals surface area contributed by atoms with Crippen LogP contribution >= 0.6 is 0 Å². The molecule has 6 heteroatoms. The van der Waals surface area contributed by atoms with Gasteiger partial charge in [0, 0.05) is 44.6 Å². The molecule has 4 heterocycles. The highest BCUT2D eigenvalue weighted by Crippen LogP contribution is 2.33. The lowest BCUT2D eigenvalue weighted by molar-refractivity contribution is 0.0651. The van der Waals surface area contributed by atoms with Crippen LogP contribution in [0, 0.1) is 17.3 Å². The number of amides is 1. The van der Waals surface area contributed by atoms with E-state index in [1.54, 1.807) is 16.8 Å². The molecule has 0 spiro atoms. The Balaban J connectivity index is 1.32. The Kier molecular flexibility index (Phi) is 4.93. The van der Waals surface area contributed by atoms with Gasteiger partial charge in [-0.05, 0) is 49.1 Å². The maximum atomic E-state index is 12.8. The van der Waals surface area contributed by atoms with Gasteiger partial charge in [-0.2, -0.15) is 5.10 Å². The Morgan fingerprint density at radius 2 is 1.89 bits per heavy atom. The summed E-state index contributed by atoms with van der Waals surface area (Å²) in [7, 11) is 0. The van der Waals surface area contributed by atoms with Crippen molar-refractivity contribution in [3.05, 3.63) is 30.2 Å². The fourth-order valence-corrected chi connectivity index (χ4v) is 4.73. The minimum absolute atomic E-state index is 0.0414. The van der Waals surface area contributed by atoms with E-state index in [0.29, 0.717) is 11.1 Å². The molecule has 0 aliphatic carbocycles. The van der Waals surface area contributed by atoms with Gasteiger partial charge in [0.15, 0.2) is 11.3 Å². The molecule has 0 N–H and O–H groups in total. The number of rotatable bonds is 3. The summed E-state index contributed by atoms with van der Waals surface area (Å²) in [5, 5.41) is 4.38. The summed E-state index contributed by atoms with van der Waals surface area (Å²) in [4.78, 5) is 21.7. The van der Waals surface area contributed by atoms with E-state index >= 15 is 0 Å². The number of nitrogens with zero attached hydrogens (tertiary/aromatic N) is 5. The van der Waals surface area contributed by atoms with Crippen LogP contribution in [0.4, 0.5) is 0 Å². The highest BCUT2D eigenvalue weighted by atomic mass is 16.2. The Bertz CT molecular complexity index is 767. The normalized spacial score (nSPS) is 22.6. The van der Waals surface area contributed by atoms with Crippen LogP contribution in [0.15, 0.2) is 24.5 Å². The summed E-state index contributed by atoms with van der Waals surface area (Å²) < 4.78 is 1.67. The van der Waals surface area contributed by atoms with Gasteiger partial charge in [0.1, 0.15) is 0 Å². The first-order chi connectivity index (χ1) is 12.9. The van der Waals surface area contributed by atoms with Crippen LogP contribution in [0.25, 0.3) is 5.65 Å². The first-order valence-corrected chi connectivity index (χ1v) is 10.2. The molecule has 2 aliphatic rings. The van der Waals surface area contributed by atoms with Crippen molar-refractivity contribution in [2.45, 2.75) is 40.0 Å². The van der Waals surface area contributed by atoms with E-state index in [1.807, 2.05) is 17.2 Å². The molecule has 0 saturated carbocycles. The fraction of sp³-hybridized carbons (Fsp3) is 0.667. The van der Waals surface area contributed by atoms with E-state index in [2.05, 4.69) is 35.8 Å². The predicted octanol–water partition coefficient (Wildman–Crippen LogP) is 2.95. The first-order valence-electron chi connectivity index (χ1n) is 10.2. The number of piperidine rings is 1. The van der Waals surface area contributed by atoms with Crippen molar-refractivity contribution in [2.24, 2.45) is 17.3 Å². The van der Waals surface area contributed by atoms with Gasteiger partial charge in [-0.15, -0.1) is 0 Å². The second kappa shape index (κ2) is 7.23. The largest absolute Gasteiger partial charge is 0.337 e. The van der Waals surface area contributed by atoms with E-state index in [4.69, 9.17) is 0 Å². The molecule has 2 saturated heterocycles. The highest BCUT2D eigenvalue weighted by molar-refractivity contribution is 5.93. The molecule has 2 aromatic heterocycles. The third-order valence-corrected chi connectivity index (χ3v) is 5.96. The minimum Gasteiger partial charge on any atom is -0.337 e. The van der Waals surface area contributed by atoms with Gasteiger partial charge in [0.2, 0.25) is 0 Å². The van der Waals surface area contributed by atoms with Crippen molar-refractivity contribution < 1.29 is 4.79 Å². The summed E-state index contributed by atoms with van der Waals surface area (Å²) in [6.45, 7) is 12.3. The van der Waals surface area contributed by atoms with Crippen LogP contribution in [-0.2, 0) is 0 Å². The van der Waals surface area contributed by atoms with E-state index in [9.17, 15) is 4.79 Å². The van der Waals surface area contributed by atoms with Crippen LogP contribution in [-0.4, -0.2) is 63.0 Å². The molecule has 6 nitrogen and oxygen atoms in total. The van der Waals surface area contributed by atoms with Crippen molar-refractivity contribution >= 4 is 11.6 Å². The van der Waals surface area contributed by atoms with E-state index < -0.39 is 0 Å². The van der Waals surface area contributed by atoms with Gasteiger partial charge < -0.3 is 9.80 Å². The third kappa shape index (κ3) is 4.15. The zero-order valence-corrected chi connectivity index (χ0v) is 16.8. The molecular formula is C21H31N5O. The average molecular weight is 370 g/mol. The fourth-order valence-electron chi connectivity index (χ4n) is 4.73. The molecule has 27 heavy (non-hydrogen) atoms. The number of hydrogen-bond acceptors (Lipinski definition) is 4. The number of fused-ring (bicyclic) bond motifs is 1. The molecule has 2 aromatic rings. The lowest BCUT2D eigenvalue weighted by Gasteiger charge is -2.35. The van der Waals surface area contributed by atoms with Gasteiger partial charge in [-0.3, -0.25) is 4.79 Å². The van der Waals surface area contributed by atoms with Crippen molar-refractivity contribution in [1.82, 2.24) is 24.4 Å². The summed E-state index contributed by atoms with van der Waals surface area (Å²) in [5.41, 5.74) is 1.60. The van der Waals surface area contributed by atoms with Gasteiger partial charge in [-0.25, -0.2) is 9.50 Å². The maximum absolute atomic E-state index is 12.8. The lowest BCUT2D eigenvalue weighted by atomic mass is 9.83. The highest BCUT2D eigenvalue weighted by Gasteiger charge is 2.34. The number of hydrogen-bond donors (Lipinski definition) is 0. The van der Waals surface area contributed by atoms with Crippen molar-refractivity contribution in [3.8, 4) is 0 Å². The molecular weight excluding hydrogens is 338 g/mol. The number of carbonyl (C=O) groups is 1. The summed E-state index contributed by atoms with van der Waals surface area (Å²) in [6.07, 6.45) is 7.10. The van der Waals surface area contributed by atoms with Crippen molar-refractivity contribution in [2.75, 3.05) is 32.7 Å². The Hall–Kier alpha value is -1.95. The van der Waals surface area contributed by atoms with Crippen LogP contribution in [0.3, 0.4) is 0 Å². The molecule has 2 fully saturated rings. The standard InChI is InChI=1S/C21H31N5O/c1-21(2,3)15-24-10-5-17(14-24)16-6-11-25(12-7-16)20(27)18-13-19-22-8-4-9-26(19)23-18/h4,8-9,13,16-17H,5-7,10-12,14-15H2,1-3H3. The number of likely N-dealkylation sites (tertiary alicyclic amines) is 2. The Labute approximate surface area is 161 Å². The first kappa shape index (κ1) is 18.4. The van der Waals surface area contributed by atoms with Crippen LogP contribution < -0.4 is 0 Å². The topological polar surface area (TPSA) is 53.7 Å². The Morgan fingerprint density at radius 1 is 1.15 bits per heavy atom. The van der Waals surface area contributed by atoms with Crippen LogP contribution in [0.5, 0.6) is 0 Å². The Morgan fingerprint density at radius 3 is 2.59 bits per heavy atom. The predicted molar refractivity (Wildman–Crippen MR) is 106 cm³/mol. The summed E-state index contributed by atoms with van der Waals surface area (Å²) >= 11 is 0. The molecule has 0 bridgehead atoms. The molecule has 0 radical (unpaired) electrons. The van der Waals surface area contributed by atoms with Gasteiger partial charge in [0.25, 0.3) is 5.91 Å². The van der Waals surface area contributed by atoms with Gasteiger partial charge in [0.05, 0.1) is 0 Å². The minimum atomic E-state index is 0.0414. The lowest BCUT2D eigenvalue weighted by Crippen LogP contribution is -2.41. The number of carbonyl (C=O) groups excluding carboxylic acids is 1. The molecule has 2 aliphatic heterocycles. The van der Waals surface area contributed by atoms with Gasteiger partial charge in [-0.1, -0.05) is 20.8 Å². The van der Waals surface area contributed by atoms with Crippen molar-refractivity contribution in [3.63, 3.8) is 0 Å². The maximum Gasteiger partial charge on any atom is 0.274 e. The molecule has 1 atom stereocenters. The quantitative estimate of drug-likeness (QED) is 0.835. The van der Waals surface area contributed by atoms with Gasteiger partial charge >= 0.3 is 0 Å². The smallest absolute Gasteiger partial charge is 0.274 e. The van der Waals surface area contributed by atoms with Crippen LogP contribution in [0.1, 0.15) is 50.5 Å². The molecule has 0 aromatic carbocycles. The molecule has 1 amide bonds. The molecule has 1 unspecified atom stereocenters.